The lowest BCUT2D eigenvalue weighted by molar-refractivity contribution is 0.0679. The predicted molar refractivity (Wildman–Crippen MR) is 79.7 cm³/mol. The monoisotopic (exact) mass is 298 g/mol. The van der Waals surface area contributed by atoms with Crippen molar-refractivity contribution >= 4 is 17.7 Å². The zero-order valence-corrected chi connectivity index (χ0v) is 12.1. The van der Waals surface area contributed by atoms with Gasteiger partial charge in [0, 0.05) is 11.1 Å². The quantitative estimate of drug-likeness (QED) is 0.847. The number of hydrogen-bond donors (Lipinski definition) is 2. The maximum Gasteiger partial charge on any atom is 0.336 e. The van der Waals surface area contributed by atoms with Gasteiger partial charge in [-0.1, -0.05) is 18.2 Å². The Kier molecular flexibility index (Phi) is 4.08. The number of rotatable bonds is 4. The summed E-state index contributed by atoms with van der Waals surface area (Å²) in [6, 6.07) is 8.57. The molecule has 0 aliphatic rings. The number of carbonyl (C=O) groups excluding carboxylic acids is 1. The van der Waals surface area contributed by atoms with Gasteiger partial charge in [0.05, 0.1) is 11.1 Å². The van der Waals surface area contributed by atoms with Crippen LogP contribution in [0.2, 0.25) is 0 Å². The fourth-order valence-electron chi connectivity index (χ4n) is 2.19. The fourth-order valence-corrected chi connectivity index (χ4v) is 2.19. The molecule has 0 atom stereocenters. The van der Waals surface area contributed by atoms with E-state index in [0.717, 1.165) is 23.3 Å². The maximum atomic E-state index is 12.7. The van der Waals surface area contributed by atoms with E-state index in [0.29, 0.717) is 5.56 Å². The van der Waals surface area contributed by atoms with Crippen LogP contribution >= 0.6 is 0 Å². The largest absolute Gasteiger partial charge is 0.478 e. The van der Waals surface area contributed by atoms with Gasteiger partial charge < -0.3 is 10.2 Å². The molecule has 0 aliphatic heterocycles. The van der Waals surface area contributed by atoms with Crippen molar-refractivity contribution in [1.82, 2.24) is 0 Å². The summed E-state index contributed by atoms with van der Waals surface area (Å²) < 4.78 is 0. The summed E-state index contributed by atoms with van der Waals surface area (Å²) in [4.78, 5) is 35.0. The van der Waals surface area contributed by atoms with E-state index in [2.05, 4.69) is 0 Å². The molecule has 0 saturated heterocycles. The topological polar surface area (TPSA) is 91.7 Å². The van der Waals surface area contributed by atoms with Gasteiger partial charge in [0.2, 0.25) is 0 Å². The van der Waals surface area contributed by atoms with Crippen molar-refractivity contribution in [3.8, 4) is 0 Å². The SMILES string of the molecule is Cc1cccc(C(=O)c2cc(C(=O)O)ccc2C(=O)O)c1C. The Morgan fingerprint density at radius 2 is 1.50 bits per heavy atom. The number of hydrogen-bond acceptors (Lipinski definition) is 3. The fraction of sp³-hybridized carbons (Fsp3) is 0.118. The molecule has 0 heterocycles. The van der Waals surface area contributed by atoms with Gasteiger partial charge in [0.15, 0.2) is 5.78 Å². The summed E-state index contributed by atoms with van der Waals surface area (Å²) in [7, 11) is 0. The van der Waals surface area contributed by atoms with Crippen LogP contribution in [0, 0.1) is 13.8 Å². The van der Waals surface area contributed by atoms with Crippen molar-refractivity contribution in [2.24, 2.45) is 0 Å². The Hall–Kier alpha value is -2.95. The first kappa shape index (κ1) is 15.4. The van der Waals surface area contributed by atoms with Gasteiger partial charge in [-0.05, 0) is 43.2 Å². The molecule has 0 bridgehead atoms. The molecule has 0 unspecified atom stereocenters. The molecule has 2 aromatic carbocycles. The van der Waals surface area contributed by atoms with Crippen molar-refractivity contribution in [3.05, 3.63) is 69.8 Å². The lowest BCUT2D eigenvalue weighted by Crippen LogP contribution is -2.13. The highest BCUT2D eigenvalue weighted by Gasteiger charge is 2.21. The lowest BCUT2D eigenvalue weighted by Gasteiger charge is -2.10. The highest BCUT2D eigenvalue weighted by Crippen LogP contribution is 2.21. The summed E-state index contributed by atoms with van der Waals surface area (Å²) in [5.41, 5.74) is 1.54. The second kappa shape index (κ2) is 5.81. The molecule has 2 rings (SSSR count). The molecule has 2 aromatic rings. The number of aromatic carboxylic acids is 2. The smallest absolute Gasteiger partial charge is 0.336 e. The molecule has 0 aliphatic carbocycles. The van der Waals surface area contributed by atoms with Crippen molar-refractivity contribution < 1.29 is 24.6 Å². The third-order valence-corrected chi connectivity index (χ3v) is 3.59. The van der Waals surface area contributed by atoms with Crippen LogP contribution in [0.1, 0.15) is 47.8 Å². The molecule has 0 saturated carbocycles. The first-order chi connectivity index (χ1) is 10.3. The number of ketones is 1. The normalized spacial score (nSPS) is 10.3. The number of benzene rings is 2. The Labute approximate surface area is 126 Å². The van der Waals surface area contributed by atoms with E-state index in [4.69, 9.17) is 5.11 Å². The van der Waals surface area contributed by atoms with Crippen LogP contribution in [0.15, 0.2) is 36.4 Å². The van der Waals surface area contributed by atoms with E-state index < -0.39 is 17.7 Å². The van der Waals surface area contributed by atoms with Crippen molar-refractivity contribution in [2.45, 2.75) is 13.8 Å². The minimum atomic E-state index is -1.27. The van der Waals surface area contributed by atoms with Crippen LogP contribution < -0.4 is 0 Å². The van der Waals surface area contributed by atoms with E-state index in [9.17, 15) is 19.5 Å². The molecule has 0 fully saturated rings. The summed E-state index contributed by atoms with van der Waals surface area (Å²) in [6.07, 6.45) is 0. The van der Waals surface area contributed by atoms with Gasteiger partial charge in [-0.3, -0.25) is 4.79 Å². The van der Waals surface area contributed by atoms with Crippen molar-refractivity contribution in [1.29, 1.82) is 0 Å². The summed E-state index contributed by atoms with van der Waals surface area (Å²) in [5, 5.41) is 18.2. The summed E-state index contributed by atoms with van der Waals surface area (Å²) >= 11 is 0. The molecule has 0 spiro atoms. The molecule has 0 amide bonds. The van der Waals surface area contributed by atoms with Crippen LogP contribution in [-0.4, -0.2) is 27.9 Å². The zero-order valence-electron chi connectivity index (χ0n) is 12.1. The molecule has 112 valence electrons. The molecule has 0 aromatic heterocycles. The highest BCUT2D eigenvalue weighted by molar-refractivity contribution is 6.15. The molecule has 5 nitrogen and oxygen atoms in total. The van der Waals surface area contributed by atoms with Crippen LogP contribution in [0.4, 0.5) is 0 Å². The van der Waals surface area contributed by atoms with Gasteiger partial charge >= 0.3 is 11.9 Å². The molecule has 0 radical (unpaired) electrons. The van der Waals surface area contributed by atoms with E-state index >= 15 is 0 Å². The van der Waals surface area contributed by atoms with E-state index in [1.807, 2.05) is 13.0 Å². The molecular weight excluding hydrogens is 284 g/mol. The number of aryl methyl sites for hydroxylation is 1. The van der Waals surface area contributed by atoms with Crippen LogP contribution in [0.5, 0.6) is 0 Å². The van der Waals surface area contributed by atoms with Crippen molar-refractivity contribution in [2.75, 3.05) is 0 Å². The average Bonchev–Trinajstić information content (AvgIpc) is 2.48. The Morgan fingerprint density at radius 1 is 0.818 bits per heavy atom. The second-order valence-corrected chi connectivity index (χ2v) is 4.95. The van der Waals surface area contributed by atoms with Crippen molar-refractivity contribution in [3.63, 3.8) is 0 Å². The Balaban J connectivity index is 2.66. The average molecular weight is 298 g/mol. The van der Waals surface area contributed by atoms with Crippen LogP contribution in [0.3, 0.4) is 0 Å². The summed E-state index contributed by atoms with van der Waals surface area (Å²) in [5.74, 6) is -2.99. The van der Waals surface area contributed by atoms with E-state index in [1.165, 1.54) is 6.07 Å². The number of carbonyl (C=O) groups is 3. The first-order valence-corrected chi connectivity index (χ1v) is 6.54. The number of carboxylic acid groups (broad SMARTS) is 2. The van der Waals surface area contributed by atoms with E-state index in [-0.39, 0.29) is 16.7 Å². The molecule has 22 heavy (non-hydrogen) atoms. The minimum Gasteiger partial charge on any atom is -0.478 e. The molecular formula is C17H14O5. The molecule has 2 N–H and O–H groups in total. The third-order valence-electron chi connectivity index (χ3n) is 3.59. The predicted octanol–water partition coefficient (Wildman–Crippen LogP) is 2.93. The molecule has 5 heteroatoms. The lowest BCUT2D eigenvalue weighted by atomic mass is 9.92. The van der Waals surface area contributed by atoms with Gasteiger partial charge in [0.25, 0.3) is 0 Å². The van der Waals surface area contributed by atoms with Gasteiger partial charge in [-0.15, -0.1) is 0 Å². The first-order valence-electron chi connectivity index (χ1n) is 6.54. The van der Waals surface area contributed by atoms with E-state index in [1.54, 1.807) is 19.1 Å². The Morgan fingerprint density at radius 3 is 2.09 bits per heavy atom. The minimum absolute atomic E-state index is 0.124. The third kappa shape index (κ3) is 2.74. The Bertz CT molecular complexity index is 790. The van der Waals surface area contributed by atoms with Gasteiger partial charge in [0.1, 0.15) is 0 Å². The van der Waals surface area contributed by atoms with Crippen LogP contribution in [-0.2, 0) is 0 Å². The zero-order chi connectivity index (χ0) is 16.4. The van der Waals surface area contributed by atoms with Gasteiger partial charge in [-0.25, -0.2) is 9.59 Å². The number of carboxylic acids is 2. The second-order valence-electron chi connectivity index (χ2n) is 4.95. The van der Waals surface area contributed by atoms with Gasteiger partial charge in [-0.2, -0.15) is 0 Å². The van der Waals surface area contributed by atoms with Crippen LogP contribution in [0.25, 0.3) is 0 Å². The maximum absolute atomic E-state index is 12.7. The standard InChI is InChI=1S/C17H14O5/c1-9-4-3-5-12(10(9)2)15(18)14-8-11(16(19)20)6-7-13(14)17(21)22/h3-8H,1-2H3,(H,19,20)(H,21,22). The highest BCUT2D eigenvalue weighted by atomic mass is 16.4. The summed E-state index contributed by atoms with van der Waals surface area (Å²) in [6.45, 7) is 3.61.